The van der Waals surface area contributed by atoms with Gasteiger partial charge in [-0.15, -0.1) is 10.2 Å². The molecule has 1 aliphatic heterocycles. The van der Waals surface area contributed by atoms with Gasteiger partial charge in [-0.25, -0.2) is 13.2 Å². The van der Waals surface area contributed by atoms with Crippen LogP contribution in [0.3, 0.4) is 0 Å². The number of fused-ring (bicyclic) bond motifs is 1. The Labute approximate surface area is 201 Å². The number of aromatic nitrogens is 3. The number of oxime groups is 1. The van der Waals surface area contributed by atoms with Gasteiger partial charge in [-0.05, 0) is 17.2 Å². The molecular weight excluding hydrogens is 492 g/mol. The van der Waals surface area contributed by atoms with E-state index in [4.69, 9.17) is 4.84 Å². The van der Waals surface area contributed by atoms with Crippen LogP contribution in [0.4, 0.5) is 26.3 Å². The van der Waals surface area contributed by atoms with E-state index in [1.165, 1.54) is 4.90 Å². The first-order valence-corrected chi connectivity index (χ1v) is 10.7. The molecule has 2 heterocycles. The lowest BCUT2D eigenvalue weighted by Crippen LogP contribution is -2.40. The molecular formula is C23H19F6N5O2. The zero-order valence-corrected chi connectivity index (χ0v) is 18.6. The molecule has 0 fully saturated rings. The third-order valence-electron chi connectivity index (χ3n) is 5.47. The molecule has 36 heavy (non-hydrogen) atoms. The standard InChI is InChI=1S/C23H19F6N5O2/c24-17-11-19(26)18(25)9-15(17)8-16(32-36-13-14-4-2-1-3-5-14)10-21(35)33-6-7-34-20(12-33)30-31-22(34)23(27,28)29/h1-5,9,11H,6-8,10,12-13H2/b32-16+. The minimum absolute atomic E-state index is 0.0175. The average molecular weight is 511 g/mol. The van der Waals surface area contributed by atoms with Crippen molar-refractivity contribution in [1.29, 1.82) is 0 Å². The smallest absolute Gasteiger partial charge is 0.391 e. The summed E-state index contributed by atoms with van der Waals surface area (Å²) < 4.78 is 81.3. The van der Waals surface area contributed by atoms with Gasteiger partial charge in [0.25, 0.3) is 0 Å². The normalized spacial score (nSPS) is 14.1. The molecule has 1 amide bonds. The van der Waals surface area contributed by atoms with Gasteiger partial charge >= 0.3 is 6.18 Å². The Morgan fingerprint density at radius 2 is 1.72 bits per heavy atom. The summed E-state index contributed by atoms with van der Waals surface area (Å²) in [6.07, 6.45) is -5.43. The Bertz CT molecular complexity index is 1280. The van der Waals surface area contributed by atoms with Gasteiger partial charge in [0, 0.05) is 25.6 Å². The maximum absolute atomic E-state index is 14.2. The van der Waals surface area contributed by atoms with E-state index < -0.39 is 41.8 Å². The number of hydrogen-bond donors (Lipinski definition) is 0. The molecule has 0 saturated carbocycles. The second kappa shape index (κ2) is 10.4. The van der Waals surface area contributed by atoms with Crippen molar-refractivity contribution in [3.05, 3.63) is 82.7 Å². The fourth-order valence-corrected chi connectivity index (χ4v) is 3.69. The molecule has 0 atom stereocenters. The summed E-state index contributed by atoms with van der Waals surface area (Å²) >= 11 is 0. The lowest BCUT2D eigenvalue weighted by Gasteiger charge is -2.28. The van der Waals surface area contributed by atoms with Crippen LogP contribution in [-0.2, 0) is 41.9 Å². The van der Waals surface area contributed by atoms with E-state index in [0.717, 1.165) is 10.1 Å². The molecule has 1 aromatic heterocycles. The van der Waals surface area contributed by atoms with Crippen molar-refractivity contribution in [1.82, 2.24) is 19.7 Å². The van der Waals surface area contributed by atoms with Crippen LogP contribution in [0.2, 0.25) is 0 Å². The minimum atomic E-state index is -4.68. The average Bonchev–Trinajstić information content (AvgIpc) is 3.27. The fourth-order valence-electron chi connectivity index (χ4n) is 3.69. The van der Waals surface area contributed by atoms with Gasteiger partial charge in [0.05, 0.1) is 18.7 Å². The van der Waals surface area contributed by atoms with E-state index in [1.807, 2.05) is 0 Å². The number of hydrogen-bond acceptors (Lipinski definition) is 5. The van der Waals surface area contributed by atoms with Crippen LogP contribution in [0.5, 0.6) is 0 Å². The molecule has 190 valence electrons. The van der Waals surface area contributed by atoms with Crippen molar-refractivity contribution in [2.45, 2.75) is 38.7 Å². The highest BCUT2D eigenvalue weighted by Gasteiger charge is 2.40. The number of benzene rings is 2. The Morgan fingerprint density at radius 1 is 1.00 bits per heavy atom. The number of rotatable bonds is 7. The molecule has 0 spiro atoms. The first kappa shape index (κ1) is 25.2. The second-order valence-electron chi connectivity index (χ2n) is 8.03. The molecule has 4 rings (SSSR count). The second-order valence-corrected chi connectivity index (χ2v) is 8.03. The molecule has 0 radical (unpaired) electrons. The van der Waals surface area contributed by atoms with E-state index in [2.05, 4.69) is 15.4 Å². The SMILES string of the molecule is O=C(C/C(Cc1cc(F)c(F)cc1F)=N/OCc1ccccc1)N1CCn2c(nnc2C(F)(F)F)C1. The largest absolute Gasteiger partial charge is 0.451 e. The van der Waals surface area contributed by atoms with Crippen LogP contribution in [0.25, 0.3) is 0 Å². The predicted molar refractivity (Wildman–Crippen MR) is 114 cm³/mol. The lowest BCUT2D eigenvalue weighted by atomic mass is 10.0. The Morgan fingerprint density at radius 3 is 2.44 bits per heavy atom. The summed E-state index contributed by atoms with van der Waals surface area (Å²) in [5.41, 5.74) is 0.544. The lowest BCUT2D eigenvalue weighted by molar-refractivity contribution is -0.148. The summed E-state index contributed by atoms with van der Waals surface area (Å²) in [6, 6.07) is 9.98. The van der Waals surface area contributed by atoms with Gasteiger partial charge in [-0.3, -0.25) is 4.79 Å². The van der Waals surface area contributed by atoms with E-state index in [-0.39, 0.29) is 49.8 Å². The van der Waals surface area contributed by atoms with Crippen LogP contribution < -0.4 is 0 Å². The molecule has 0 saturated heterocycles. The topological polar surface area (TPSA) is 72.6 Å². The molecule has 2 aromatic carbocycles. The summed E-state index contributed by atoms with van der Waals surface area (Å²) in [7, 11) is 0. The van der Waals surface area contributed by atoms with Crippen molar-refractivity contribution in [3.63, 3.8) is 0 Å². The van der Waals surface area contributed by atoms with Crippen molar-refractivity contribution >= 4 is 11.6 Å². The zero-order chi connectivity index (χ0) is 25.9. The van der Waals surface area contributed by atoms with Gasteiger partial charge in [-0.2, -0.15) is 13.2 Å². The van der Waals surface area contributed by atoms with Crippen LogP contribution >= 0.6 is 0 Å². The number of carbonyl (C=O) groups excluding carboxylic acids is 1. The summed E-state index contributed by atoms with van der Waals surface area (Å²) in [6.45, 7) is -0.409. The number of alkyl halides is 3. The van der Waals surface area contributed by atoms with E-state index in [1.54, 1.807) is 30.3 Å². The quantitative estimate of drug-likeness (QED) is 0.206. The van der Waals surface area contributed by atoms with E-state index in [0.29, 0.717) is 12.1 Å². The van der Waals surface area contributed by atoms with Crippen LogP contribution in [0.1, 0.15) is 29.2 Å². The Balaban J connectivity index is 1.50. The van der Waals surface area contributed by atoms with Crippen LogP contribution in [0.15, 0.2) is 47.6 Å². The maximum Gasteiger partial charge on any atom is 0.451 e. The van der Waals surface area contributed by atoms with Gasteiger partial charge < -0.3 is 14.3 Å². The van der Waals surface area contributed by atoms with Crippen LogP contribution in [-0.4, -0.2) is 37.8 Å². The molecule has 13 heteroatoms. The summed E-state index contributed by atoms with van der Waals surface area (Å²) in [5.74, 6) is -5.37. The Kier molecular flexibility index (Phi) is 7.27. The van der Waals surface area contributed by atoms with Gasteiger partial charge in [0.2, 0.25) is 11.7 Å². The minimum Gasteiger partial charge on any atom is -0.391 e. The predicted octanol–water partition coefficient (Wildman–Crippen LogP) is 4.26. The number of carbonyl (C=O) groups is 1. The molecule has 0 unspecified atom stereocenters. The zero-order valence-electron chi connectivity index (χ0n) is 18.6. The van der Waals surface area contributed by atoms with Crippen molar-refractivity contribution in [3.8, 4) is 0 Å². The molecule has 1 aliphatic rings. The van der Waals surface area contributed by atoms with Crippen molar-refractivity contribution < 1.29 is 36.0 Å². The van der Waals surface area contributed by atoms with E-state index in [9.17, 15) is 31.1 Å². The summed E-state index contributed by atoms with van der Waals surface area (Å²) in [4.78, 5) is 19.5. The van der Waals surface area contributed by atoms with E-state index >= 15 is 0 Å². The van der Waals surface area contributed by atoms with Gasteiger partial charge in [0.15, 0.2) is 17.5 Å². The molecule has 0 bridgehead atoms. The highest BCUT2D eigenvalue weighted by Crippen LogP contribution is 2.29. The summed E-state index contributed by atoms with van der Waals surface area (Å²) in [5, 5.41) is 10.6. The monoisotopic (exact) mass is 511 g/mol. The highest BCUT2D eigenvalue weighted by atomic mass is 19.4. The fraction of sp³-hybridized carbons (Fsp3) is 0.304. The third kappa shape index (κ3) is 5.83. The first-order chi connectivity index (χ1) is 17.1. The maximum atomic E-state index is 14.2. The molecule has 3 aromatic rings. The molecule has 0 N–H and O–H groups in total. The number of amides is 1. The van der Waals surface area contributed by atoms with Gasteiger partial charge in [0.1, 0.15) is 12.4 Å². The molecule has 7 nitrogen and oxygen atoms in total. The third-order valence-corrected chi connectivity index (χ3v) is 5.47. The van der Waals surface area contributed by atoms with Crippen LogP contribution in [0, 0.1) is 17.5 Å². The van der Waals surface area contributed by atoms with Gasteiger partial charge in [-0.1, -0.05) is 35.5 Å². The highest BCUT2D eigenvalue weighted by molar-refractivity contribution is 6.01. The molecule has 0 aliphatic carbocycles. The Hall–Kier alpha value is -3.90. The first-order valence-electron chi connectivity index (χ1n) is 10.7. The number of halogens is 6. The number of nitrogens with zero attached hydrogens (tertiary/aromatic N) is 5. The van der Waals surface area contributed by atoms with Crippen molar-refractivity contribution in [2.24, 2.45) is 5.16 Å². The van der Waals surface area contributed by atoms with Crippen molar-refractivity contribution in [2.75, 3.05) is 6.54 Å².